The predicted molar refractivity (Wildman–Crippen MR) is 122 cm³/mol. The van der Waals surface area contributed by atoms with Gasteiger partial charge in [-0.25, -0.2) is 0 Å². The number of unbranched alkanes of at least 4 members (excludes halogenated alkanes) is 1. The van der Waals surface area contributed by atoms with E-state index in [2.05, 4.69) is 5.32 Å². The number of hydrogen-bond donors (Lipinski definition) is 2. The summed E-state index contributed by atoms with van der Waals surface area (Å²) in [5.41, 5.74) is -0.127. The van der Waals surface area contributed by atoms with Crippen LogP contribution in [0.1, 0.15) is 36.9 Å². The molecule has 2 fully saturated rings. The van der Waals surface area contributed by atoms with Gasteiger partial charge in [0, 0.05) is 19.0 Å². The molecular weight excluding hydrogens is 436 g/mol. The summed E-state index contributed by atoms with van der Waals surface area (Å²) in [6.45, 7) is 3.16. The topological polar surface area (TPSA) is 105 Å². The monoisotopic (exact) mass is 464 g/mol. The first kappa shape index (κ1) is 22.4. The van der Waals surface area contributed by atoms with Crippen LogP contribution < -0.4 is 14.8 Å². The van der Waals surface area contributed by atoms with Crippen molar-refractivity contribution < 1.29 is 29.0 Å². The van der Waals surface area contributed by atoms with E-state index in [1.165, 1.54) is 4.90 Å². The minimum Gasteiger partial charge on any atom is -0.486 e. The number of likely N-dealkylation sites (tertiary alicyclic amines) is 1. The molecule has 0 radical (unpaired) electrons. The molecule has 0 aliphatic carbocycles. The smallest absolute Gasteiger partial charge is 0.325 e. The zero-order valence-electron chi connectivity index (χ0n) is 19.0. The van der Waals surface area contributed by atoms with Crippen LogP contribution >= 0.6 is 0 Å². The largest absolute Gasteiger partial charge is 0.486 e. The number of benzene rings is 2. The Kier molecular flexibility index (Phi) is 5.77. The number of carboxylic acid groups (broad SMARTS) is 1. The molecule has 178 valence electrons. The molecule has 8 nitrogen and oxygen atoms in total. The van der Waals surface area contributed by atoms with E-state index in [0.717, 1.165) is 12.0 Å². The molecule has 34 heavy (non-hydrogen) atoms. The van der Waals surface area contributed by atoms with Crippen molar-refractivity contribution in [3.8, 4) is 11.5 Å². The van der Waals surface area contributed by atoms with Crippen LogP contribution in [0.3, 0.4) is 0 Å². The second-order valence-electron chi connectivity index (χ2n) is 9.15. The number of rotatable bonds is 7. The fourth-order valence-electron chi connectivity index (χ4n) is 5.49. The number of carbonyl (C=O) groups excluding carboxylic acids is 2. The molecule has 0 saturated carbocycles. The first-order valence-corrected chi connectivity index (χ1v) is 11.8. The highest BCUT2D eigenvalue weighted by Crippen LogP contribution is 2.51. The molecule has 0 spiro atoms. The van der Waals surface area contributed by atoms with E-state index in [-0.39, 0.29) is 12.3 Å². The van der Waals surface area contributed by atoms with Gasteiger partial charge in [0.25, 0.3) is 0 Å². The molecule has 4 atom stereocenters. The van der Waals surface area contributed by atoms with Crippen LogP contribution in [0.25, 0.3) is 0 Å². The molecule has 2 N–H and O–H groups in total. The van der Waals surface area contributed by atoms with Gasteiger partial charge in [-0.2, -0.15) is 0 Å². The number of nitrogens with one attached hydrogen (secondary N) is 1. The van der Waals surface area contributed by atoms with Gasteiger partial charge in [0.15, 0.2) is 11.5 Å². The van der Waals surface area contributed by atoms with Crippen molar-refractivity contribution in [2.45, 2.75) is 37.8 Å². The van der Waals surface area contributed by atoms with Gasteiger partial charge in [0.05, 0.1) is 11.8 Å². The maximum Gasteiger partial charge on any atom is 0.325 e. The fourth-order valence-corrected chi connectivity index (χ4v) is 5.49. The van der Waals surface area contributed by atoms with Gasteiger partial charge in [-0.1, -0.05) is 49.7 Å². The Morgan fingerprint density at radius 3 is 2.53 bits per heavy atom. The summed E-state index contributed by atoms with van der Waals surface area (Å²) in [5, 5.41) is 13.8. The number of aliphatic carboxylic acids is 1. The van der Waals surface area contributed by atoms with Crippen LogP contribution in [0.4, 0.5) is 0 Å². The molecule has 3 aliphatic heterocycles. The van der Waals surface area contributed by atoms with E-state index in [1.54, 1.807) is 12.1 Å². The minimum atomic E-state index is -1.61. The number of amides is 2. The lowest BCUT2D eigenvalue weighted by Gasteiger charge is -2.31. The molecular formula is C26H28N2O6. The summed E-state index contributed by atoms with van der Waals surface area (Å²) >= 11 is 0. The Labute approximate surface area is 197 Å². The lowest BCUT2D eigenvalue weighted by molar-refractivity contribution is -0.151. The van der Waals surface area contributed by atoms with Gasteiger partial charge in [0.2, 0.25) is 11.8 Å². The maximum atomic E-state index is 13.6. The van der Waals surface area contributed by atoms with Crippen molar-refractivity contribution >= 4 is 17.8 Å². The Bertz CT molecular complexity index is 1120. The summed E-state index contributed by atoms with van der Waals surface area (Å²) in [6, 6.07) is 13.9. The standard InChI is InChI=1S/C26H28N2O6/c1-2-3-11-28-23(29)20-21(24(28)30)26(25(31)32,15-16-7-5-4-6-8-16)27-22(20)17-9-10-18-19(14-17)34-13-12-33-18/h4-10,14,20-22,27H,2-3,11-13,15H2,1H3,(H,31,32). The van der Waals surface area contributed by atoms with Gasteiger partial charge >= 0.3 is 5.97 Å². The summed E-state index contributed by atoms with van der Waals surface area (Å²) < 4.78 is 11.3. The predicted octanol–water partition coefficient (Wildman–Crippen LogP) is 2.57. The van der Waals surface area contributed by atoms with Crippen LogP contribution in [0.2, 0.25) is 0 Å². The zero-order valence-corrected chi connectivity index (χ0v) is 19.0. The van der Waals surface area contributed by atoms with Gasteiger partial charge < -0.3 is 14.6 Å². The van der Waals surface area contributed by atoms with E-state index < -0.39 is 35.3 Å². The van der Waals surface area contributed by atoms with Crippen LogP contribution in [-0.4, -0.2) is 53.1 Å². The number of nitrogens with zero attached hydrogens (tertiary/aromatic N) is 1. The molecule has 5 rings (SSSR count). The van der Waals surface area contributed by atoms with E-state index >= 15 is 0 Å². The van der Waals surface area contributed by atoms with Crippen molar-refractivity contribution in [3.05, 3.63) is 59.7 Å². The third-order valence-corrected chi connectivity index (χ3v) is 7.11. The number of carbonyl (C=O) groups is 3. The highest BCUT2D eigenvalue weighted by Gasteiger charge is 2.68. The van der Waals surface area contributed by atoms with Gasteiger partial charge in [-0.05, 0) is 29.7 Å². The number of imide groups is 1. The first-order valence-electron chi connectivity index (χ1n) is 11.8. The summed E-state index contributed by atoms with van der Waals surface area (Å²) in [5.74, 6) is -2.51. The number of carboxylic acids is 1. The lowest BCUT2D eigenvalue weighted by atomic mass is 9.76. The third kappa shape index (κ3) is 3.53. The van der Waals surface area contributed by atoms with Crippen LogP contribution in [0, 0.1) is 11.8 Å². The number of hydrogen-bond acceptors (Lipinski definition) is 6. The molecule has 4 unspecified atom stereocenters. The van der Waals surface area contributed by atoms with Crippen molar-refractivity contribution in [2.24, 2.45) is 11.8 Å². The first-order chi connectivity index (χ1) is 16.5. The Balaban J connectivity index is 1.60. The van der Waals surface area contributed by atoms with Crippen LogP contribution in [0.15, 0.2) is 48.5 Å². The van der Waals surface area contributed by atoms with Gasteiger partial charge in [-0.3, -0.25) is 24.6 Å². The average molecular weight is 465 g/mol. The van der Waals surface area contributed by atoms with E-state index in [4.69, 9.17) is 9.47 Å². The Morgan fingerprint density at radius 1 is 1.09 bits per heavy atom. The molecule has 3 aliphatic rings. The van der Waals surface area contributed by atoms with Crippen molar-refractivity contribution in [1.29, 1.82) is 0 Å². The average Bonchev–Trinajstić information content (AvgIpc) is 3.32. The second kappa shape index (κ2) is 8.76. The molecule has 2 amide bonds. The lowest BCUT2D eigenvalue weighted by Crippen LogP contribution is -2.57. The maximum absolute atomic E-state index is 13.6. The van der Waals surface area contributed by atoms with Crippen LogP contribution in [0.5, 0.6) is 11.5 Å². The van der Waals surface area contributed by atoms with E-state index in [0.29, 0.717) is 43.2 Å². The zero-order chi connectivity index (χ0) is 23.9. The highest BCUT2D eigenvalue weighted by atomic mass is 16.6. The highest BCUT2D eigenvalue weighted by molar-refractivity contribution is 6.09. The SMILES string of the molecule is CCCCN1C(=O)C2C(c3ccc4c(c3)OCCO4)NC(Cc3ccccc3)(C(=O)O)C2C1=O. The molecule has 2 aromatic carbocycles. The van der Waals surface area contributed by atoms with Gasteiger partial charge in [-0.15, -0.1) is 0 Å². The Hall–Kier alpha value is -3.39. The molecule has 2 aromatic rings. The summed E-state index contributed by atoms with van der Waals surface area (Å²) in [7, 11) is 0. The molecule has 3 heterocycles. The quantitative estimate of drug-likeness (QED) is 0.607. The third-order valence-electron chi connectivity index (χ3n) is 7.11. The molecule has 2 saturated heterocycles. The van der Waals surface area contributed by atoms with Crippen molar-refractivity contribution in [3.63, 3.8) is 0 Å². The summed E-state index contributed by atoms with van der Waals surface area (Å²) in [4.78, 5) is 41.3. The number of fused-ring (bicyclic) bond motifs is 2. The molecule has 0 bridgehead atoms. The minimum absolute atomic E-state index is 0.0893. The number of ether oxygens (including phenoxy) is 2. The van der Waals surface area contributed by atoms with E-state index in [9.17, 15) is 19.5 Å². The normalized spacial score (nSPS) is 27.7. The second-order valence-corrected chi connectivity index (χ2v) is 9.15. The van der Waals surface area contributed by atoms with Crippen molar-refractivity contribution in [2.75, 3.05) is 19.8 Å². The fraction of sp³-hybridized carbons (Fsp3) is 0.423. The molecule has 0 aromatic heterocycles. The van der Waals surface area contributed by atoms with Crippen molar-refractivity contribution in [1.82, 2.24) is 10.2 Å². The van der Waals surface area contributed by atoms with E-state index in [1.807, 2.05) is 43.3 Å². The molecule has 8 heteroatoms. The summed E-state index contributed by atoms with van der Waals surface area (Å²) in [6.07, 6.45) is 1.59. The van der Waals surface area contributed by atoms with Gasteiger partial charge in [0.1, 0.15) is 18.8 Å². The Morgan fingerprint density at radius 2 is 1.82 bits per heavy atom. The van der Waals surface area contributed by atoms with Crippen LogP contribution in [-0.2, 0) is 20.8 Å².